The van der Waals surface area contributed by atoms with Crippen molar-refractivity contribution in [1.82, 2.24) is 30.5 Å². The van der Waals surface area contributed by atoms with E-state index >= 15 is 4.39 Å². The quantitative estimate of drug-likeness (QED) is 0.483. The number of ether oxygens (including phenoxy) is 2. The van der Waals surface area contributed by atoms with Gasteiger partial charge in [0.15, 0.2) is 11.0 Å². The molecule has 2 N–H and O–H groups in total. The lowest BCUT2D eigenvalue weighted by atomic mass is 9.96. The second-order valence-electron chi connectivity index (χ2n) is 10.8. The average molecular weight is 538 g/mol. The molecular formula is C24H30ClF2N7O3. The van der Waals surface area contributed by atoms with E-state index in [-0.39, 0.29) is 73.3 Å². The van der Waals surface area contributed by atoms with E-state index in [1.165, 1.54) is 6.20 Å². The lowest BCUT2D eigenvalue weighted by Crippen LogP contribution is -2.62. The average Bonchev–Trinajstić information content (AvgIpc) is 3.34. The largest absolute Gasteiger partial charge is 0.461 e. The molecule has 0 saturated carbocycles. The fourth-order valence-electron chi connectivity index (χ4n) is 6.14. The number of hydrogen-bond donors (Lipinski definition) is 2. The number of pyridine rings is 1. The van der Waals surface area contributed by atoms with E-state index in [9.17, 15) is 9.18 Å². The van der Waals surface area contributed by atoms with E-state index in [1.54, 1.807) is 7.05 Å². The Kier molecular flexibility index (Phi) is 6.33. The number of fused-ring (bicyclic) bond motifs is 7. The van der Waals surface area contributed by atoms with Crippen LogP contribution in [0.4, 0.5) is 14.6 Å². The van der Waals surface area contributed by atoms with Crippen LogP contribution in [0.25, 0.3) is 10.9 Å². The molecule has 13 heteroatoms. The van der Waals surface area contributed by atoms with E-state index in [2.05, 4.69) is 25.5 Å². The summed E-state index contributed by atoms with van der Waals surface area (Å²) in [5, 5.41) is 6.75. The Labute approximate surface area is 218 Å². The van der Waals surface area contributed by atoms with Crippen LogP contribution in [0, 0.1) is 5.82 Å². The molecule has 10 nitrogen and oxygen atoms in total. The number of likely N-dealkylation sites (N-methyl/N-ethyl adjacent to an activating group) is 1. The van der Waals surface area contributed by atoms with Crippen molar-refractivity contribution in [3.63, 3.8) is 0 Å². The topological polar surface area (TPSA) is 105 Å². The van der Waals surface area contributed by atoms with E-state index in [4.69, 9.17) is 26.1 Å². The first-order valence-corrected chi connectivity index (χ1v) is 13.0. The number of likely N-dealkylation sites (tertiary alicyclic amines) is 1. The Hall–Kier alpha value is -2.41. The second-order valence-corrected chi connectivity index (χ2v) is 11.1. The Morgan fingerprint density at radius 1 is 1.27 bits per heavy atom. The fraction of sp³-hybridized carbons (Fsp3) is 0.667. The van der Waals surface area contributed by atoms with Gasteiger partial charge in [0.05, 0.1) is 29.7 Å². The summed E-state index contributed by atoms with van der Waals surface area (Å²) >= 11 is 6.00. The zero-order valence-corrected chi connectivity index (χ0v) is 21.4. The third-order valence-corrected chi connectivity index (χ3v) is 8.40. The first-order chi connectivity index (χ1) is 17.8. The molecule has 2 spiro atoms. The molecule has 1 amide bonds. The summed E-state index contributed by atoms with van der Waals surface area (Å²) in [7, 11) is 1.80. The normalized spacial score (nSPS) is 33.1. The van der Waals surface area contributed by atoms with Crippen LogP contribution in [0.2, 0.25) is 5.15 Å². The monoisotopic (exact) mass is 537 g/mol. The van der Waals surface area contributed by atoms with Gasteiger partial charge in [-0.3, -0.25) is 9.69 Å². The van der Waals surface area contributed by atoms with Crippen molar-refractivity contribution in [2.24, 2.45) is 0 Å². The summed E-state index contributed by atoms with van der Waals surface area (Å²) in [6, 6.07) is 0.171. The first-order valence-electron chi connectivity index (χ1n) is 12.6. The van der Waals surface area contributed by atoms with Gasteiger partial charge >= 0.3 is 6.01 Å². The molecule has 200 valence electrons. The highest BCUT2D eigenvalue weighted by atomic mass is 35.5. The van der Waals surface area contributed by atoms with Crippen molar-refractivity contribution in [2.45, 2.75) is 49.0 Å². The van der Waals surface area contributed by atoms with Crippen molar-refractivity contribution < 1.29 is 23.0 Å². The molecule has 4 atom stereocenters. The summed E-state index contributed by atoms with van der Waals surface area (Å²) in [5.74, 6) is -0.406. The molecule has 0 radical (unpaired) electrons. The maximum Gasteiger partial charge on any atom is 0.319 e. The number of nitrogens with one attached hydrogen (secondary N) is 2. The molecule has 2 aromatic heterocycles. The lowest BCUT2D eigenvalue weighted by molar-refractivity contribution is -0.123. The zero-order chi connectivity index (χ0) is 25.8. The van der Waals surface area contributed by atoms with Crippen molar-refractivity contribution in [3.8, 4) is 6.01 Å². The number of aromatic nitrogens is 3. The van der Waals surface area contributed by atoms with Gasteiger partial charge in [-0.25, -0.2) is 13.8 Å². The van der Waals surface area contributed by atoms with E-state index in [1.807, 2.05) is 4.90 Å². The summed E-state index contributed by atoms with van der Waals surface area (Å²) in [6.07, 6.45) is 2.67. The number of hydrogen-bond acceptors (Lipinski definition) is 9. The molecule has 6 rings (SSSR count). The second kappa shape index (κ2) is 9.40. The Morgan fingerprint density at radius 2 is 2.14 bits per heavy atom. The molecule has 6 heterocycles. The Balaban J connectivity index is 1.42. The fourth-order valence-corrected chi connectivity index (χ4v) is 6.28. The van der Waals surface area contributed by atoms with Crippen LogP contribution in [0.15, 0.2) is 6.20 Å². The van der Waals surface area contributed by atoms with Gasteiger partial charge in [0.1, 0.15) is 24.1 Å². The lowest BCUT2D eigenvalue weighted by Gasteiger charge is -2.42. The van der Waals surface area contributed by atoms with Crippen LogP contribution in [0.5, 0.6) is 6.01 Å². The molecule has 0 aliphatic carbocycles. The van der Waals surface area contributed by atoms with Crippen molar-refractivity contribution in [1.29, 1.82) is 0 Å². The number of rotatable bonds is 0. The molecule has 4 aliphatic rings. The zero-order valence-electron chi connectivity index (χ0n) is 20.6. The molecule has 3 fully saturated rings. The number of alkyl halides is 1. The number of amides is 1. The molecule has 2 aromatic rings. The number of anilines is 1. The third-order valence-electron chi connectivity index (χ3n) is 8.14. The minimum atomic E-state index is -1.07. The molecule has 4 aliphatic heterocycles. The summed E-state index contributed by atoms with van der Waals surface area (Å²) in [4.78, 5) is 29.6. The molecular weight excluding hydrogens is 508 g/mol. The van der Waals surface area contributed by atoms with Crippen LogP contribution in [0.1, 0.15) is 25.7 Å². The van der Waals surface area contributed by atoms with E-state index in [0.29, 0.717) is 30.9 Å². The Morgan fingerprint density at radius 3 is 2.95 bits per heavy atom. The summed E-state index contributed by atoms with van der Waals surface area (Å²) < 4.78 is 41.7. The van der Waals surface area contributed by atoms with Crippen LogP contribution in [-0.4, -0.2) is 102 Å². The SMILES string of the molecule is CN1C[C@H](F)CC12CNC(=O)CCOCC13CCC(CN(C1)c1nc(nc4c(F)c(Cl)ncc14)OC2)N3. The van der Waals surface area contributed by atoms with Crippen molar-refractivity contribution in [2.75, 3.05) is 57.9 Å². The van der Waals surface area contributed by atoms with E-state index in [0.717, 1.165) is 12.8 Å². The van der Waals surface area contributed by atoms with Crippen LogP contribution in [0.3, 0.4) is 0 Å². The minimum absolute atomic E-state index is 0.0141. The smallest absolute Gasteiger partial charge is 0.319 e. The summed E-state index contributed by atoms with van der Waals surface area (Å²) in [5.41, 5.74) is -1.11. The highest BCUT2D eigenvalue weighted by Crippen LogP contribution is 2.37. The summed E-state index contributed by atoms with van der Waals surface area (Å²) in [6.45, 7) is 2.35. The number of carbonyl (C=O) groups excluding carboxylic acids is 1. The molecule has 3 saturated heterocycles. The van der Waals surface area contributed by atoms with Gasteiger partial charge in [0.25, 0.3) is 0 Å². The number of halogens is 3. The maximum atomic E-state index is 15.1. The molecule has 37 heavy (non-hydrogen) atoms. The predicted molar refractivity (Wildman–Crippen MR) is 132 cm³/mol. The van der Waals surface area contributed by atoms with Crippen LogP contribution < -0.4 is 20.3 Å². The number of nitrogens with zero attached hydrogens (tertiary/aromatic N) is 5. The standard InChI is InChI=1S/C24H30ClF2N7O3/c1-33-8-14(26)6-24(33)10-29-17(35)3-5-36-12-23-4-2-15(32-23)9-34(11-23)21-16-7-28-20(25)18(27)19(16)30-22(31-21)37-13-24/h7,14-15,32H,2-6,8-13H2,1H3,(H,29,35)/t14-,15?,23?,24?/m1/s1. The maximum absolute atomic E-state index is 15.1. The van der Waals surface area contributed by atoms with Crippen LogP contribution in [-0.2, 0) is 9.53 Å². The van der Waals surface area contributed by atoms with Crippen molar-refractivity contribution >= 4 is 34.2 Å². The van der Waals surface area contributed by atoms with Crippen molar-refractivity contribution in [3.05, 3.63) is 17.2 Å². The molecule has 0 aromatic carbocycles. The minimum Gasteiger partial charge on any atom is -0.461 e. The highest BCUT2D eigenvalue weighted by molar-refractivity contribution is 6.30. The predicted octanol–water partition coefficient (Wildman–Crippen LogP) is 1.46. The highest BCUT2D eigenvalue weighted by Gasteiger charge is 2.47. The van der Waals surface area contributed by atoms with Gasteiger partial charge in [0.2, 0.25) is 5.91 Å². The third kappa shape index (κ3) is 4.58. The Bertz CT molecular complexity index is 1220. The van der Waals surface area contributed by atoms with Crippen LogP contribution >= 0.6 is 11.6 Å². The molecule has 5 bridgehead atoms. The van der Waals surface area contributed by atoms with Gasteiger partial charge in [0, 0.05) is 51.3 Å². The van der Waals surface area contributed by atoms with Gasteiger partial charge in [-0.05, 0) is 19.9 Å². The van der Waals surface area contributed by atoms with E-state index < -0.39 is 17.5 Å². The van der Waals surface area contributed by atoms with Gasteiger partial charge in [-0.2, -0.15) is 9.97 Å². The van der Waals surface area contributed by atoms with Gasteiger partial charge < -0.3 is 25.0 Å². The van der Waals surface area contributed by atoms with Gasteiger partial charge in [-0.1, -0.05) is 11.6 Å². The number of piperazine rings is 1. The first kappa shape index (κ1) is 24.9. The molecule has 3 unspecified atom stereocenters. The van der Waals surface area contributed by atoms with Gasteiger partial charge in [-0.15, -0.1) is 0 Å². The number of carbonyl (C=O) groups is 1.